The Morgan fingerprint density at radius 2 is 1.94 bits per heavy atom. The molecule has 0 saturated heterocycles. The third-order valence-electron chi connectivity index (χ3n) is 4.31. The summed E-state index contributed by atoms with van der Waals surface area (Å²) in [5.41, 5.74) is -0.330. The first-order chi connectivity index (χ1) is 14.2. The Morgan fingerprint density at radius 3 is 2.55 bits per heavy atom. The van der Waals surface area contributed by atoms with Crippen LogP contribution in [0.4, 0.5) is 17.6 Å². The van der Waals surface area contributed by atoms with Gasteiger partial charge in [-0.25, -0.2) is 4.39 Å². The summed E-state index contributed by atoms with van der Waals surface area (Å²) in [4.78, 5) is 21.9. The number of benzene rings is 1. The van der Waals surface area contributed by atoms with Gasteiger partial charge in [0.05, 0.1) is 12.1 Å². The van der Waals surface area contributed by atoms with Gasteiger partial charge in [0.25, 0.3) is 0 Å². The molecule has 2 aromatic rings. The van der Waals surface area contributed by atoms with Gasteiger partial charge in [0.1, 0.15) is 5.82 Å². The molecule has 0 aliphatic heterocycles. The van der Waals surface area contributed by atoms with Crippen LogP contribution in [-0.2, 0) is 23.9 Å². The van der Waals surface area contributed by atoms with Crippen molar-refractivity contribution < 1.29 is 22.4 Å². The molecule has 0 aliphatic carbocycles. The molecule has 2 rings (SSSR count). The molecule has 0 atom stereocenters. The average Bonchev–Trinajstić information content (AvgIpc) is 2.72. The van der Waals surface area contributed by atoms with E-state index in [0.29, 0.717) is 19.0 Å². The summed E-state index contributed by atoms with van der Waals surface area (Å²) >= 11 is 0. The molecule has 170 valence electrons. The fourth-order valence-corrected chi connectivity index (χ4v) is 2.61. The Kier molecular flexibility index (Phi) is 10.7. The maximum absolute atomic E-state index is 13.2. The lowest BCUT2D eigenvalue weighted by Gasteiger charge is -2.19. The van der Waals surface area contributed by atoms with Crippen LogP contribution in [0.15, 0.2) is 47.6 Å². The highest BCUT2D eigenvalue weighted by Crippen LogP contribution is 2.32. The van der Waals surface area contributed by atoms with Gasteiger partial charge in [0.2, 0.25) is 5.91 Å². The number of halogens is 5. The van der Waals surface area contributed by atoms with Crippen LogP contribution in [-0.4, -0.2) is 48.9 Å². The first-order valence-corrected chi connectivity index (χ1v) is 9.14. The molecule has 0 bridgehead atoms. The normalized spacial score (nSPS) is 11.5. The van der Waals surface area contributed by atoms with Crippen molar-refractivity contribution in [3.8, 4) is 0 Å². The second-order valence-electron chi connectivity index (χ2n) is 6.46. The van der Waals surface area contributed by atoms with Gasteiger partial charge in [-0.15, -0.1) is 24.0 Å². The zero-order valence-electron chi connectivity index (χ0n) is 17.0. The van der Waals surface area contributed by atoms with Gasteiger partial charge in [0.15, 0.2) is 5.96 Å². The molecule has 11 heteroatoms. The third-order valence-corrected chi connectivity index (χ3v) is 4.31. The van der Waals surface area contributed by atoms with E-state index in [1.54, 1.807) is 13.2 Å². The number of nitrogens with one attached hydrogen (secondary N) is 2. The van der Waals surface area contributed by atoms with E-state index < -0.39 is 17.6 Å². The average molecular weight is 553 g/mol. The molecule has 0 spiro atoms. The lowest BCUT2D eigenvalue weighted by Crippen LogP contribution is -2.44. The number of hydrogen-bond acceptors (Lipinski definition) is 3. The number of hydrogen-bond donors (Lipinski definition) is 2. The van der Waals surface area contributed by atoms with E-state index in [4.69, 9.17) is 0 Å². The van der Waals surface area contributed by atoms with Crippen LogP contribution in [0, 0.1) is 5.82 Å². The monoisotopic (exact) mass is 553 g/mol. The van der Waals surface area contributed by atoms with Crippen LogP contribution in [0.3, 0.4) is 0 Å². The number of nitrogens with zero attached hydrogens (tertiary/aromatic N) is 3. The van der Waals surface area contributed by atoms with Gasteiger partial charge in [-0.2, -0.15) is 13.2 Å². The van der Waals surface area contributed by atoms with Crippen LogP contribution in [0.1, 0.15) is 16.8 Å². The van der Waals surface area contributed by atoms with E-state index in [0.717, 1.165) is 17.8 Å². The number of aromatic nitrogens is 1. The molecule has 1 aromatic carbocycles. The molecule has 6 nitrogen and oxygen atoms in total. The lowest BCUT2D eigenvalue weighted by molar-refractivity contribution is -0.138. The molecule has 0 saturated carbocycles. The number of amides is 1. The number of pyridine rings is 1. The van der Waals surface area contributed by atoms with E-state index in [1.165, 1.54) is 11.9 Å². The van der Waals surface area contributed by atoms with Crippen LogP contribution in [0.2, 0.25) is 0 Å². The standard InChI is InChI=1S/C20H23F4N5O.HI/c1-25-19(27-12-14-6-7-15(21)11-17(14)20(22,23)24)28-13-18(30)29(2)10-8-16-5-3-4-9-26-16;/h3-7,9,11H,8,10,12-13H2,1-2H3,(H2,25,27,28);1H. The lowest BCUT2D eigenvalue weighted by atomic mass is 10.1. The minimum atomic E-state index is -4.68. The molecular weight excluding hydrogens is 529 g/mol. The molecular formula is C20H24F4IN5O. The molecule has 1 aromatic heterocycles. The second-order valence-corrected chi connectivity index (χ2v) is 6.46. The summed E-state index contributed by atoms with van der Waals surface area (Å²) in [7, 11) is 3.08. The molecule has 0 radical (unpaired) electrons. The highest BCUT2D eigenvalue weighted by molar-refractivity contribution is 14.0. The Morgan fingerprint density at radius 1 is 1.19 bits per heavy atom. The number of rotatable bonds is 7. The summed E-state index contributed by atoms with van der Waals surface area (Å²) in [5, 5.41) is 5.47. The van der Waals surface area contributed by atoms with Gasteiger partial charge < -0.3 is 15.5 Å². The Hall–Kier alpha value is -2.44. The van der Waals surface area contributed by atoms with E-state index in [-0.39, 0.29) is 54.5 Å². The SMILES string of the molecule is CN=C(NCC(=O)N(C)CCc1ccccn1)NCc1ccc(F)cc1C(F)(F)F.I. The Labute approximate surface area is 195 Å². The van der Waals surface area contributed by atoms with Crippen molar-refractivity contribution in [1.29, 1.82) is 0 Å². The zero-order valence-corrected chi connectivity index (χ0v) is 19.4. The van der Waals surface area contributed by atoms with Gasteiger partial charge in [-0.3, -0.25) is 14.8 Å². The quantitative estimate of drug-likeness (QED) is 0.239. The number of carbonyl (C=O) groups is 1. The Bertz CT molecular complexity index is 878. The van der Waals surface area contributed by atoms with Crippen molar-refractivity contribution in [3.05, 3.63) is 65.2 Å². The van der Waals surface area contributed by atoms with Crippen LogP contribution >= 0.6 is 24.0 Å². The predicted octanol–water partition coefficient (Wildman–Crippen LogP) is 3.22. The van der Waals surface area contributed by atoms with Gasteiger partial charge in [0, 0.05) is 45.5 Å². The molecule has 2 N–H and O–H groups in total. The Balaban J connectivity index is 0.00000480. The van der Waals surface area contributed by atoms with Gasteiger partial charge >= 0.3 is 6.18 Å². The fourth-order valence-electron chi connectivity index (χ4n) is 2.61. The van der Waals surface area contributed by atoms with Crippen LogP contribution in [0.25, 0.3) is 0 Å². The minimum absolute atomic E-state index is 0. The second kappa shape index (κ2) is 12.4. The highest BCUT2D eigenvalue weighted by atomic mass is 127. The maximum atomic E-state index is 13.2. The van der Waals surface area contributed by atoms with E-state index in [9.17, 15) is 22.4 Å². The smallest absolute Gasteiger partial charge is 0.352 e. The number of alkyl halides is 3. The molecule has 1 amide bonds. The molecule has 31 heavy (non-hydrogen) atoms. The summed E-state index contributed by atoms with van der Waals surface area (Å²) < 4.78 is 52.4. The number of carbonyl (C=O) groups excluding carboxylic acids is 1. The van der Waals surface area contributed by atoms with Crippen LogP contribution < -0.4 is 10.6 Å². The van der Waals surface area contributed by atoms with E-state index >= 15 is 0 Å². The first-order valence-electron chi connectivity index (χ1n) is 9.14. The number of likely N-dealkylation sites (N-methyl/N-ethyl adjacent to an activating group) is 1. The first kappa shape index (κ1) is 26.6. The number of guanidine groups is 1. The molecule has 0 unspecified atom stereocenters. The van der Waals surface area contributed by atoms with E-state index in [2.05, 4.69) is 20.6 Å². The largest absolute Gasteiger partial charge is 0.416 e. The maximum Gasteiger partial charge on any atom is 0.416 e. The van der Waals surface area contributed by atoms with E-state index in [1.807, 2.05) is 18.2 Å². The van der Waals surface area contributed by atoms with Crippen molar-refractivity contribution in [2.45, 2.75) is 19.1 Å². The van der Waals surface area contributed by atoms with Crippen molar-refractivity contribution in [1.82, 2.24) is 20.5 Å². The summed E-state index contributed by atoms with van der Waals surface area (Å²) in [6.45, 7) is 0.139. The van der Waals surface area contributed by atoms with Crippen molar-refractivity contribution in [2.24, 2.45) is 4.99 Å². The third kappa shape index (κ3) is 8.67. The van der Waals surface area contributed by atoms with Crippen LogP contribution in [0.5, 0.6) is 0 Å². The van der Waals surface area contributed by atoms with Gasteiger partial charge in [-0.05, 0) is 29.8 Å². The summed E-state index contributed by atoms with van der Waals surface area (Å²) in [5.74, 6) is -1.03. The molecule has 0 aliphatic rings. The van der Waals surface area contributed by atoms with Crippen molar-refractivity contribution >= 4 is 35.8 Å². The predicted molar refractivity (Wildman–Crippen MR) is 121 cm³/mol. The topological polar surface area (TPSA) is 69.6 Å². The summed E-state index contributed by atoms with van der Waals surface area (Å²) in [6, 6.07) is 8.02. The van der Waals surface area contributed by atoms with Crippen molar-refractivity contribution in [3.63, 3.8) is 0 Å². The molecule has 0 fully saturated rings. The fraction of sp³-hybridized carbons (Fsp3) is 0.350. The zero-order chi connectivity index (χ0) is 22.1. The molecule has 1 heterocycles. The highest BCUT2D eigenvalue weighted by Gasteiger charge is 2.33. The summed E-state index contributed by atoms with van der Waals surface area (Å²) in [6.07, 6.45) is -2.40. The van der Waals surface area contributed by atoms with Gasteiger partial charge in [-0.1, -0.05) is 12.1 Å². The minimum Gasteiger partial charge on any atom is -0.352 e. The van der Waals surface area contributed by atoms with Crippen molar-refractivity contribution in [2.75, 3.05) is 27.2 Å². The number of aliphatic imine (C=N–C) groups is 1.